The predicted octanol–water partition coefficient (Wildman–Crippen LogP) is 4.05. The molecule has 1 heterocycles. The second kappa shape index (κ2) is 8.14. The van der Waals surface area contributed by atoms with Gasteiger partial charge < -0.3 is 15.4 Å². The summed E-state index contributed by atoms with van der Waals surface area (Å²) in [6.07, 6.45) is 2.66. The van der Waals surface area contributed by atoms with Gasteiger partial charge in [-0.25, -0.2) is 8.42 Å². The van der Waals surface area contributed by atoms with Crippen LogP contribution in [0.1, 0.15) is 28.4 Å². The zero-order valence-electron chi connectivity index (χ0n) is 17.6. The smallest absolute Gasteiger partial charge is 0.257 e. The highest BCUT2D eigenvalue weighted by atomic mass is 32.2. The van der Waals surface area contributed by atoms with Crippen LogP contribution in [0.4, 0.5) is 11.4 Å². The average Bonchev–Trinajstić information content (AvgIpc) is 3.17. The van der Waals surface area contributed by atoms with Crippen molar-refractivity contribution in [2.45, 2.75) is 12.5 Å². The summed E-state index contributed by atoms with van der Waals surface area (Å²) in [7, 11) is -3.40. The van der Waals surface area contributed by atoms with E-state index >= 15 is 0 Å². The number of aromatic amines is 1. The topological polar surface area (TPSA) is 111 Å². The van der Waals surface area contributed by atoms with Crippen LogP contribution >= 0.6 is 0 Å². The van der Waals surface area contributed by atoms with Crippen molar-refractivity contribution >= 4 is 38.2 Å². The van der Waals surface area contributed by atoms with E-state index in [4.69, 9.17) is 0 Å². The molecule has 4 aromatic rings. The number of sulfonamides is 1. The zero-order chi connectivity index (χ0) is 22.9. The molecule has 0 aliphatic carbocycles. The molecule has 4 rings (SSSR count). The second-order valence-electron chi connectivity index (χ2n) is 7.81. The first-order valence-electron chi connectivity index (χ1n) is 9.92. The number of hydrogen-bond acceptors (Lipinski definition) is 4. The molecule has 4 N–H and O–H groups in total. The van der Waals surface area contributed by atoms with Crippen molar-refractivity contribution in [3.8, 4) is 0 Å². The lowest BCUT2D eigenvalue weighted by atomic mass is 9.88. The summed E-state index contributed by atoms with van der Waals surface area (Å²) in [6, 6.07) is 21.3. The van der Waals surface area contributed by atoms with Gasteiger partial charge in [0.05, 0.1) is 17.5 Å². The number of aliphatic hydroxyl groups is 1. The monoisotopic (exact) mass is 449 g/mol. The molecule has 1 unspecified atom stereocenters. The quantitative estimate of drug-likeness (QED) is 0.356. The summed E-state index contributed by atoms with van der Waals surface area (Å²) >= 11 is 0. The Morgan fingerprint density at radius 1 is 0.938 bits per heavy atom. The lowest BCUT2D eigenvalue weighted by molar-refractivity contribution is 0.101. The standard InChI is InChI=1S/C24H23N3O4S/c1-24(29,16-7-4-3-5-8-16)17-9-6-10-18(13-17)26-23(28)21-15-25-22-14-19(11-12-20(21)22)27-32(2,30)31/h3-15,25,27,29H,1-2H3,(H,26,28). The predicted molar refractivity (Wildman–Crippen MR) is 126 cm³/mol. The van der Waals surface area contributed by atoms with E-state index in [0.717, 1.165) is 11.8 Å². The fraction of sp³-hybridized carbons (Fsp3) is 0.125. The van der Waals surface area contributed by atoms with Crippen LogP contribution in [0.2, 0.25) is 0 Å². The molecular weight excluding hydrogens is 426 g/mol. The summed E-state index contributed by atoms with van der Waals surface area (Å²) in [5.41, 5.74) is 2.19. The van der Waals surface area contributed by atoms with Gasteiger partial charge in [0, 0.05) is 22.8 Å². The largest absolute Gasteiger partial charge is 0.381 e. The van der Waals surface area contributed by atoms with Crippen LogP contribution in [0.15, 0.2) is 79.0 Å². The maximum atomic E-state index is 12.9. The number of carbonyl (C=O) groups is 1. The number of carbonyl (C=O) groups excluding carboxylic acids is 1. The summed E-state index contributed by atoms with van der Waals surface area (Å²) in [5.74, 6) is -0.323. The van der Waals surface area contributed by atoms with Gasteiger partial charge in [-0.3, -0.25) is 9.52 Å². The van der Waals surface area contributed by atoms with Crippen molar-refractivity contribution in [3.05, 3.63) is 95.7 Å². The van der Waals surface area contributed by atoms with E-state index in [1.165, 1.54) is 0 Å². The van der Waals surface area contributed by atoms with Crippen LogP contribution < -0.4 is 10.0 Å². The van der Waals surface area contributed by atoms with Gasteiger partial charge >= 0.3 is 0 Å². The molecule has 1 aromatic heterocycles. The molecule has 7 nitrogen and oxygen atoms in total. The molecule has 0 saturated carbocycles. The molecule has 164 valence electrons. The lowest BCUT2D eigenvalue weighted by Gasteiger charge is -2.25. The van der Waals surface area contributed by atoms with E-state index in [1.54, 1.807) is 49.5 Å². The van der Waals surface area contributed by atoms with Gasteiger partial charge in [0.15, 0.2) is 0 Å². The van der Waals surface area contributed by atoms with E-state index in [-0.39, 0.29) is 5.91 Å². The molecule has 0 aliphatic heterocycles. The molecule has 0 bridgehead atoms. The number of hydrogen-bond donors (Lipinski definition) is 4. The number of aromatic nitrogens is 1. The van der Waals surface area contributed by atoms with Gasteiger partial charge in [-0.05, 0) is 48.4 Å². The Morgan fingerprint density at radius 2 is 1.66 bits per heavy atom. The van der Waals surface area contributed by atoms with Gasteiger partial charge in [0.25, 0.3) is 5.91 Å². The number of fused-ring (bicyclic) bond motifs is 1. The first kappa shape index (κ1) is 21.6. The molecule has 0 saturated heterocycles. The molecule has 0 fully saturated rings. The van der Waals surface area contributed by atoms with Crippen LogP contribution in [0.5, 0.6) is 0 Å². The van der Waals surface area contributed by atoms with Crippen LogP contribution in [0.25, 0.3) is 10.9 Å². The minimum absolute atomic E-state index is 0.323. The first-order chi connectivity index (χ1) is 15.1. The Morgan fingerprint density at radius 3 is 2.38 bits per heavy atom. The van der Waals surface area contributed by atoms with Crippen molar-refractivity contribution in [2.75, 3.05) is 16.3 Å². The van der Waals surface area contributed by atoms with E-state index < -0.39 is 15.6 Å². The first-order valence-corrected chi connectivity index (χ1v) is 11.8. The lowest BCUT2D eigenvalue weighted by Crippen LogP contribution is -2.23. The molecule has 3 aromatic carbocycles. The molecule has 0 aliphatic rings. The molecule has 0 radical (unpaired) electrons. The Kier molecular flexibility index (Phi) is 5.50. The van der Waals surface area contributed by atoms with Gasteiger partial charge in [-0.2, -0.15) is 0 Å². The number of benzene rings is 3. The number of H-pyrrole nitrogens is 1. The number of amides is 1. The number of rotatable bonds is 6. The van der Waals surface area contributed by atoms with Crippen LogP contribution in [-0.4, -0.2) is 30.7 Å². The van der Waals surface area contributed by atoms with E-state index in [9.17, 15) is 18.3 Å². The normalized spacial score (nSPS) is 13.5. The van der Waals surface area contributed by atoms with E-state index in [1.807, 2.05) is 36.4 Å². The molecule has 32 heavy (non-hydrogen) atoms. The average molecular weight is 450 g/mol. The van der Waals surface area contributed by atoms with Gasteiger partial charge in [0.1, 0.15) is 5.60 Å². The summed E-state index contributed by atoms with van der Waals surface area (Å²) in [4.78, 5) is 15.9. The van der Waals surface area contributed by atoms with Gasteiger partial charge in [-0.15, -0.1) is 0 Å². The number of nitrogens with one attached hydrogen (secondary N) is 3. The van der Waals surface area contributed by atoms with E-state index in [0.29, 0.717) is 33.4 Å². The van der Waals surface area contributed by atoms with Crippen LogP contribution in [0, 0.1) is 0 Å². The Labute approximate surface area is 186 Å². The van der Waals surface area contributed by atoms with Crippen molar-refractivity contribution in [1.82, 2.24) is 4.98 Å². The van der Waals surface area contributed by atoms with Gasteiger partial charge in [0.2, 0.25) is 10.0 Å². The minimum Gasteiger partial charge on any atom is -0.381 e. The third-order valence-electron chi connectivity index (χ3n) is 5.25. The highest BCUT2D eigenvalue weighted by Crippen LogP contribution is 2.31. The Balaban J connectivity index is 1.58. The molecule has 0 spiro atoms. The van der Waals surface area contributed by atoms with Crippen molar-refractivity contribution in [3.63, 3.8) is 0 Å². The highest BCUT2D eigenvalue weighted by molar-refractivity contribution is 7.92. The number of anilines is 2. The fourth-order valence-electron chi connectivity index (χ4n) is 3.62. The van der Waals surface area contributed by atoms with Crippen molar-refractivity contribution in [2.24, 2.45) is 0 Å². The molecule has 1 amide bonds. The van der Waals surface area contributed by atoms with Crippen LogP contribution in [0.3, 0.4) is 0 Å². The highest BCUT2D eigenvalue weighted by Gasteiger charge is 2.25. The molecule has 1 atom stereocenters. The third-order valence-corrected chi connectivity index (χ3v) is 5.85. The van der Waals surface area contributed by atoms with Crippen molar-refractivity contribution in [1.29, 1.82) is 0 Å². The summed E-state index contributed by atoms with van der Waals surface area (Å²) < 4.78 is 25.3. The van der Waals surface area contributed by atoms with Crippen molar-refractivity contribution < 1.29 is 18.3 Å². The summed E-state index contributed by atoms with van der Waals surface area (Å²) in [5, 5.41) is 14.6. The second-order valence-corrected chi connectivity index (χ2v) is 9.56. The molecule has 8 heteroatoms. The molecular formula is C24H23N3O4S. The maximum absolute atomic E-state index is 12.9. The zero-order valence-corrected chi connectivity index (χ0v) is 18.4. The van der Waals surface area contributed by atoms with Gasteiger partial charge in [-0.1, -0.05) is 42.5 Å². The van der Waals surface area contributed by atoms with Crippen LogP contribution in [-0.2, 0) is 15.6 Å². The SMILES string of the molecule is CC(O)(c1ccccc1)c1cccc(NC(=O)c2c[nH]c3cc(NS(C)(=O)=O)ccc23)c1. The van der Waals surface area contributed by atoms with E-state index in [2.05, 4.69) is 15.0 Å². The fourth-order valence-corrected chi connectivity index (χ4v) is 4.17. The maximum Gasteiger partial charge on any atom is 0.257 e. The Hall–Kier alpha value is -3.62. The third kappa shape index (κ3) is 4.51. The minimum atomic E-state index is -3.40. The summed E-state index contributed by atoms with van der Waals surface area (Å²) in [6.45, 7) is 1.71. The Bertz CT molecular complexity index is 1390.